The van der Waals surface area contributed by atoms with E-state index in [9.17, 15) is 5.11 Å². The number of rotatable bonds is 4. The van der Waals surface area contributed by atoms with Crippen LogP contribution in [0.4, 0.5) is 5.69 Å². The summed E-state index contributed by atoms with van der Waals surface area (Å²) in [7, 11) is 0. The number of nitrogens with one attached hydrogen (secondary N) is 1. The highest BCUT2D eigenvalue weighted by atomic mass is 79.9. The maximum absolute atomic E-state index is 9.99. The number of benzene rings is 2. The quantitative estimate of drug-likeness (QED) is 0.784. The summed E-state index contributed by atoms with van der Waals surface area (Å²) in [5.74, 6) is 0.287. The van der Waals surface area contributed by atoms with E-state index in [4.69, 9.17) is 11.6 Å². The van der Waals surface area contributed by atoms with Gasteiger partial charge >= 0.3 is 0 Å². The van der Waals surface area contributed by atoms with Gasteiger partial charge in [0.2, 0.25) is 0 Å². The molecule has 0 spiro atoms. The molecule has 0 amide bonds. The highest BCUT2D eigenvalue weighted by molar-refractivity contribution is 9.10. The van der Waals surface area contributed by atoms with Crippen molar-refractivity contribution in [2.45, 2.75) is 19.4 Å². The minimum atomic E-state index is 0.0115. The Morgan fingerprint density at radius 1 is 1.26 bits per heavy atom. The van der Waals surface area contributed by atoms with Crippen LogP contribution in [0.3, 0.4) is 0 Å². The molecule has 2 aromatic carbocycles. The van der Waals surface area contributed by atoms with E-state index in [1.807, 2.05) is 36.4 Å². The Balaban J connectivity index is 2.30. The lowest BCUT2D eigenvalue weighted by Gasteiger charge is -2.20. The highest BCUT2D eigenvalue weighted by Gasteiger charge is 2.15. The van der Waals surface area contributed by atoms with Crippen molar-refractivity contribution in [2.24, 2.45) is 0 Å². The van der Waals surface area contributed by atoms with Crippen molar-refractivity contribution in [3.63, 3.8) is 0 Å². The zero-order chi connectivity index (χ0) is 13.8. The standard InChI is InChI=1S/C15H15BrClNO/c1-2-13(11-9-10(16)7-8-15(11)19)18-14-6-4-3-5-12(14)17/h3-9,13,18-19H,2H2,1H3. The van der Waals surface area contributed by atoms with Crippen LogP contribution in [0.2, 0.25) is 5.02 Å². The van der Waals surface area contributed by atoms with Crippen molar-refractivity contribution in [3.8, 4) is 5.75 Å². The second-order valence-corrected chi connectivity index (χ2v) is 5.61. The number of aromatic hydroxyl groups is 1. The third kappa shape index (κ3) is 3.43. The number of anilines is 1. The summed E-state index contributed by atoms with van der Waals surface area (Å²) in [5, 5.41) is 14.0. The predicted octanol–water partition coefficient (Wildman–Crippen LogP) is 5.37. The van der Waals surface area contributed by atoms with E-state index in [-0.39, 0.29) is 11.8 Å². The van der Waals surface area contributed by atoms with Crippen LogP contribution in [0.5, 0.6) is 5.75 Å². The second kappa shape index (κ2) is 6.31. The lowest BCUT2D eigenvalue weighted by atomic mass is 10.0. The Bertz CT molecular complexity index is 574. The maximum Gasteiger partial charge on any atom is 0.120 e. The molecule has 2 rings (SSSR count). The van der Waals surface area contributed by atoms with Gasteiger partial charge in [-0.2, -0.15) is 0 Å². The zero-order valence-corrected chi connectivity index (χ0v) is 12.9. The summed E-state index contributed by atoms with van der Waals surface area (Å²) in [5.41, 5.74) is 1.73. The van der Waals surface area contributed by atoms with Crippen LogP contribution in [-0.4, -0.2) is 5.11 Å². The van der Waals surface area contributed by atoms with E-state index >= 15 is 0 Å². The first-order chi connectivity index (χ1) is 9.11. The lowest BCUT2D eigenvalue weighted by Crippen LogP contribution is -2.10. The summed E-state index contributed by atoms with van der Waals surface area (Å²) in [4.78, 5) is 0. The van der Waals surface area contributed by atoms with Crippen molar-refractivity contribution >= 4 is 33.2 Å². The van der Waals surface area contributed by atoms with Gasteiger partial charge in [0.15, 0.2) is 0 Å². The average molecular weight is 341 g/mol. The van der Waals surface area contributed by atoms with Crippen molar-refractivity contribution in [2.75, 3.05) is 5.32 Å². The van der Waals surface area contributed by atoms with Gasteiger partial charge in [0.25, 0.3) is 0 Å². The van der Waals surface area contributed by atoms with Crippen molar-refractivity contribution in [3.05, 3.63) is 57.5 Å². The van der Waals surface area contributed by atoms with Gasteiger partial charge < -0.3 is 10.4 Å². The van der Waals surface area contributed by atoms with Gasteiger partial charge in [0.05, 0.1) is 16.8 Å². The molecule has 100 valence electrons. The molecule has 0 fully saturated rings. The van der Waals surface area contributed by atoms with Crippen LogP contribution in [0.1, 0.15) is 24.9 Å². The third-order valence-electron chi connectivity index (χ3n) is 2.98. The molecule has 0 aliphatic rings. The second-order valence-electron chi connectivity index (χ2n) is 4.29. The van der Waals surface area contributed by atoms with E-state index in [0.717, 1.165) is 22.1 Å². The number of para-hydroxylation sites is 1. The van der Waals surface area contributed by atoms with E-state index in [1.165, 1.54) is 0 Å². The zero-order valence-electron chi connectivity index (χ0n) is 10.5. The lowest BCUT2D eigenvalue weighted by molar-refractivity contribution is 0.462. The minimum absolute atomic E-state index is 0.0115. The first-order valence-corrected chi connectivity index (χ1v) is 7.28. The number of phenols is 1. The molecular formula is C15H15BrClNO. The average Bonchev–Trinajstić information content (AvgIpc) is 2.41. The molecule has 0 heterocycles. The van der Waals surface area contributed by atoms with Crippen LogP contribution in [0.15, 0.2) is 46.9 Å². The SMILES string of the molecule is CCC(Nc1ccccc1Cl)c1cc(Br)ccc1O. The summed E-state index contributed by atoms with van der Waals surface area (Å²) in [6.07, 6.45) is 0.842. The van der Waals surface area contributed by atoms with Crippen molar-refractivity contribution in [1.82, 2.24) is 0 Å². The van der Waals surface area contributed by atoms with Crippen LogP contribution in [0.25, 0.3) is 0 Å². The van der Waals surface area contributed by atoms with E-state index in [2.05, 4.69) is 28.2 Å². The highest BCUT2D eigenvalue weighted by Crippen LogP contribution is 2.33. The van der Waals surface area contributed by atoms with Crippen LogP contribution in [-0.2, 0) is 0 Å². The van der Waals surface area contributed by atoms with Crippen molar-refractivity contribution < 1.29 is 5.11 Å². The first kappa shape index (κ1) is 14.2. The largest absolute Gasteiger partial charge is 0.508 e. The van der Waals surface area contributed by atoms with Crippen LogP contribution in [0, 0.1) is 0 Å². The maximum atomic E-state index is 9.99. The van der Waals surface area contributed by atoms with Gasteiger partial charge in [0.1, 0.15) is 5.75 Å². The van der Waals surface area contributed by atoms with Gasteiger partial charge in [-0.1, -0.05) is 46.6 Å². The Morgan fingerprint density at radius 2 is 2.00 bits per heavy atom. The van der Waals surface area contributed by atoms with Gasteiger partial charge in [-0.25, -0.2) is 0 Å². The minimum Gasteiger partial charge on any atom is -0.508 e. The van der Waals surface area contributed by atoms with E-state index < -0.39 is 0 Å². The molecule has 0 saturated heterocycles. The summed E-state index contributed by atoms with van der Waals surface area (Å²) < 4.78 is 0.944. The fourth-order valence-electron chi connectivity index (χ4n) is 1.97. The Morgan fingerprint density at radius 3 is 2.68 bits per heavy atom. The monoisotopic (exact) mass is 339 g/mol. The molecule has 0 radical (unpaired) electrons. The van der Waals surface area contributed by atoms with E-state index in [1.54, 1.807) is 6.07 Å². The Kier molecular flexibility index (Phi) is 4.72. The van der Waals surface area contributed by atoms with Gasteiger partial charge in [-0.05, 0) is 36.8 Å². The van der Waals surface area contributed by atoms with Gasteiger partial charge in [0, 0.05) is 10.0 Å². The first-order valence-electron chi connectivity index (χ1n) is 6.11. The molecule has 2 nitrogen and oxygen atoms in total. The molecule has 19 heavy (non-hydrogen) atoms. The van der Waals surface area contributed by atoms with Crippen molar-refractivity contribution in [1.29, 1.82) is 0 Å². The van der Waals surface area contributed by atoms with Gasteiger partial charge in [-0.15, -0.1) is 0 Å². The number of halogens is 2. The number of hydrogen-bond acceptors (Lipinski definition) is 2. The smallest absolute Gasteiger partial charge is 0.120 e. The van der Waals surface area contributed by atoms with Crippen LogP contribution < -0.4 is 5.32 Å². The number of phenolic OH excluding ortho intramolecular Hbond substituents is 1. The number of hydrogen-bond donors (Lipinski definition) is 2. The molecule has 1 atom stereocenters. The molecule has 0 saturated carbocycles. The molecule has 4 heteroatoms. The molecule has 0 bridgehead atoms. The molecule has 0 aliphatic heterocycles. The fraction of sp³-hybridized carbons (Fsp3) is 0.200. The molecule has 1 unspecified atom stereocenters. The summed E-state index contributed by atoms with van der Waals surface area (Å²) >= 11 is 9.58. The molecule has 0 aliphatic carbocycles. The Hall–Kier alpha value is -1.19. The normalized spacial score (nSPS) is 12.2. The van der Waals surface area contributed by atoms with E-state index in [0.29, 0.717) is 5.02 Å². The molecular weight excluding hydrogens is 326 g/mol. The topological polar surface area (TPSA) is 32.3 Å². The molecule has 2 aromatic rings. The molecule has 2 N–H and O–H groups in total. The third-order valence-corrected chi connectivity index (χ3v) is 3.80. The van der Waals surface area contributed by atoms with Crippen LogP contribution >= 0.6 is 27.5 Å². The Labute approximate surface area is 126 Å². The summed E-state index contributed by atoms with van der Waals surface area (Å²) in [6.45, 7) is 2.06. The molecule has 0 aromatic heterocycles. The van der Waals surface area contributed by atoms with Gasteiger partial charge in [-0.3, -0.25) is 0 Å². The predicted molar refractivity (Wildman–Crippen MR) is 83.9 cm³/mol. The fourth-order valence-corrected chi connectivity index (χ4v) is 2.54. The summed E-state index contributed by atoms with van der Waals surface area (Å²) in [6, 6.07) is 13.0.